The number of carbonyl (C=O) groups is 3. The maximum absolute atomic E-state index is 12.1. The fourth-order valence-corrected chi connectivity index (χ4v) is 2.94. The molecule has 0 aliphatic carbocycles. The Hall–Kier alpha value is -1.24. The number of aliphatic carboxylic acids is 1. The lowest BCUT2D eigenvalue weighted by molar-refractivity contribution is -0.152. The molecule has 2 heterocycles. The van der Waals surface area contributed by atoms with Crippen molar-refractivity contribution in [2.45, 2.75) is 31.3 Å². The number of hydrogen-bond donors (Lipinski definition) is 2. The predicted octanol–water partition coefficient (Wildman–Crippen LogP) is 0.277. The summed E-state index contributed by atoms with van der Waals surface area (Å²) in [5, 5.41) is 11.4. The van der Waals surface area contributed by atoms with Crippen LogP contribution in [0.1, 0.15) is 19.3 Å². The molecule has 1 unspecified atom stereocenters. The molecule has 2 amide bonds. The van der Waals surface area contributed by atoms with Crippen molar-refractivity contribution in [1.82, 2.24) is 10.2 Å². The van der Waals surface area contributed by atoms with Crippen molar-refractivity contribution in [1.29, 1.82) is 0 Å². The Morgan fingerprint density at radius 2 is 2.18 bits per heavy atom. The molecule has 0 aromatic carbocycles. The largest absolute Gasteiger partial charge is 0.480 e. The molecule has 2 atom stereocenters. The Morgan fingerprint density at radius 3 is 2.76 bits per heavy atom. The predicted molar refractivity (Wildman–Crippen MR) is 61.8 cm³/mol. The number of rotatable bonds is 2. The van der Waals surface area contributed by atoms with Crippen molar-refractivity contribution in [3.05, 3.63) is 0 Å². The highest BCUT2D eigenvalue weighted by atomic mass is 32.2. The lowest BCUT2D eigenvalue weighted by atomic mass is 10.0. The Labute approximate surface area is 103 Å². The molecule has 2 saturated heterocycles. The van der Waals surface area contributed by atoms with E-state index in [-0.39, 0.29) is 11.1 Å². The van der Waals surface area contributed by atoms with Gasteiger partial charge in [-0.2, -0.15) is 0 Å². The molecule has 0 bridgehead atoms. The molecule has 0 aromatic heterocycles. The van der Waals surface area contributed by atoms with Gasteiger partial charge in [-0.3, -0.25) is 9.59 Å². The maximum atomic E-state index is 12.1. The van der Waals surface area contributed by atoms with Gasteiger partial charge in [-0.25, -0.2) is 4.79 Å². The molecule has 0 radical (unpaired) electrons. The molecule has 0 aromatic rings. The van der Waals surface area contributed by atoms with E-state index in [9.17, 15) is 14.4 Å². The van der Waals surface area contributed by atoms with Crippen LogP contribution < -0.4 is 5.32 Å². The van der Waals surface area contributed by atoms with Crippen LogP contribution in [0, 0.1) is 0 Å². The van der Waals surface area contributed by atoms with Crippen LogP contribution in [-0.2, 0) is 9.59 Å². The van der Waals surface area contributed by atoms with Crippen LogP contribution in [0.2, 0.25) is 0 Å². The van der Waals surface area contributed by atoms with Crippen molar-refractivity contribution in [2.75, 3.05) is 12.3 Å². The van der Waals surface area contributed by atoms with Crippen LogP contribution in [0.5, 0.6) is 0 Å². The quantitative estimate of drug-likeness (QED) is 0.742. The number of carboxylic acids is 1. The van der Waals surface area contributed by atoms with Gasteiger partial charge in [-0.05, 0) is 19.3 Å². The Morgan fingerprint density at radius 1 is 1.41 bits per heavy atom. The fraction of sp³-hybridized carbons (Fsp3) is 0.700. The topological polar surface area (TPSA) is 86.7 Å². The van der Waals surface area contributed by atoms with Crippen LogP contribution in [0.15, 0.2) is 0 Å². The van der Waals surface area contributed by atoms with Gasteiger partial charge in [0.05, 0.1) is 0 Å². The van der Waals surface area contributed by atoms with Gasteiger partial charge in [0.2, 0.25) is 5.91 Å². The Bertz CT molecular complexity index is 360. The zero-order chi connectivity index (χ0) is 12.4. The number of piperidine rings is 1. The molecule has 2 N–H and O–H groups in total. The van der Waals surface area contributed by atoms with E-state index in [2.05, 4.69) is 5.32 Å². The van der Waals surface area contributed by atoms with Crippen LogP contribution in [0.4, 0.5) is 4.79 Å². The summed E-state index contributed by atoms with van der Waals surface area (Å²) in [6.45, 7) is 0.465. The highest BCUT2D eigenvalue weighted by Crippen LogP contribution is 2.21. The molecule has 94 valence electrons. The molecule has 0 spiro atoms. The van der Waals surface area contributed by atoms with Gasteiger partial charge in [-0.15, -0.1) is 0 Å². The molecule has 2 fully saturated rings. The SMILES string of the molecule is O=C1NC(C(=O)N2CCCC[C@@H]2C(=O)O)CS1. The first-order valence-electron chi connectivity index (χ1n) is 5.56. The van der Waals surface area contributed by atoms with Gasteiger partial charge in [0, 0.05) is 12.3 Å². The van der Waals surface area contributed by atoms with Gasteiger partial charge < -0.3 is 15.3 Å². The minimum atomic E-state index is -0.963. The zero-order valence-corrected chi connectivity index (χ0v) is 10.0. The third-order valence-electron chi connectivity index (χ3n) is 3.04. The summed E-state index contributed by atoms with van der Waals surface area (Å²) in [6, 6.07) is -1.30. The summed E-state index contributed by atoms with van der Waals surface area (Å²) in [7, 11) is 0. The first-order valence-corrected chi connectivity index (χ1v) is 6.54. The average Bonchev–Trinajstić information content (AvgIpc) is 2.75. The number of nitrogens with zero attached hydrogens (tertiary/aromatic N) is 1. The first-order chi connectivity index (χ1) is 8.09. The van der Waals surface area contributed by atoms with Gasteiger partial charge in [0.1, 0.15) is 12.1 Å². The number of nitrogens with one attached hydrogen (secondary N) is 1. The number of likely N-dealkylation sites (tertiary alicyclic amines) is 1. The van der Waals surface area contributed by atoms with Crippen LogP contribution in [0.3, 0.4) is 0 Å². The smallest absolute Gasteiger partial charge is 0.326 e. The molecule has 7 heteroatoms. The fourth-order valence-electron chi connectivity index (χ4n) is 2.17. The van der Waals surface area contributed by atoms with E-state index in [0.717, 1.165) is 24.6 Å². The first kappa shape index (κ1) is 12.2. The van der Waals surface area contributed by atoms with E-state index >= 15 is 0 Å². The maximum Gasteiger partial charge on any atom is 0.326 e. The van der Waals surface area contributed by atoms with Crippen LogP contribution in [-0.4, -0.2) is 51.5 Å². The highest BCUT2D eigenvalue weighted by Gasteiger charge is 2.38. The van der Waals surface area contributed by atoms with Crippen molar-refractivity contribution in [2.24, 2.45) is 0 Å². The number of hydrogen-bond acceptors (Lipinski definition) is 4. The molecule has 17 heavy (non-hydrogen) atoms. The van der Waals surface area contributed by atoms with Crippen molar-refractivity contribution < 1.29 is 19.5 Å². The number of thioether (sulfide) groups is 1. The molecular formula is C10H14N2O4S. The average molecular weight is 258 g/mol. The number of amides is 2. The van der Waals surface area contributed by atoms with E-state index in [1.807, 2.05) is 0 Å². The zero-order valence-electron chi connectivity index (χ0n) is 9.22. The summed E-state index contributed by atoms with van der Waals surface area (Å²) in [5.74, 6) is -0.842. The van der Waals surface area contributed by atoms with Crippen molar-refractivity contribution in [3.63, 3.8) is 0 Å². The minimum absolute atomic E-state index is 0.216. The number of carboxylic acid groups (broad SMARTS) is 1. The molecule has 2 aliphatic heterocycles. The molecule has 6 nitrogen and oxygen atoms in total. The van der Waals surface area contributed by atoms with E-state index in [0.29, 0.717) is 18.7 Å². The van der Waals surface area contributed by atoms with E-state index in [1.165, 1.54) is 4.90 Å². The van der Waals surface area contributed by atoms with Gasteiger partial charge in [0.25, 0.3) is 5.24 Å². The van der Waals surface area contributed by atoms with Crippen molar-refractivity contribution >= 4 is 28.9 Å². The lowest BCUT2D eigenvalue weighted by Gasteiger charge is -2.34. The Kier molecular flexibility index (Phi) is 3.56. The second-order valence-corrected chi connectivity index (χ2v) is 5.17. The van der Waals surface area contributed by atoms with Crippen LogP contribution in [0.25, 0.3) is 0 Å². The van der Waals surface area contributed by atoms with Crippen molar-refractivity contribution in [3.8, 4) is 0 Å². The van der Waals surface area contributed by atoms with E-state index in [4.69, 9.17) is 5.11 Å². The summed E-state index contributed by atoms with van der Waals surface area (Å²) >= 11 is 1.06. The van der Waals surface area contributed by atoms with Gasteiger partial charge in [0.15, 0.2) is 0 Å². The second-order valence-electron chi connectivity index (χ2n) is 4.18. The summed E-state index contributed by atoms with van der Waals surface area (Å²) in [6.07, 6.45) is 2.14. The minimum Gasteiger partial charge on any atom is -0.480 e. The molecule has 0 saturated carbocycles. The monoisotopic (exact) mass is 258 g/mol. The van der Waals surface area contributed by atoms with Gasteiger partial charge >= 0.3 is 5.97 Å². The second kappa shape index (κ2) is 4.95. The summed E-state index contributed by atoms with van der Waals surface area (Å²) in [5.41, 5.74) is 0. The summed E-state index contributed by atoms with van der Waals surface area (Å²) < 4.78 is 0. The molecule has 2 rings (SSSR count). The third-order valence-corrected chi connectivity index (χ3v) is 3.92. The van der Waals surface area contributed by atoms with E-state index < -0.39 is 18.1 Å². The molecular weight excluding hydrogens is 244 g/mol. The van der Waals surface area contributed by atoms with Crippen LogP contribution >= 0.6 is 11.8 Å². The number of carbonyl (C=O) groups excluding carboxylic acids is 2. The highest BCUT2D eigenvalue weighted by molar-refractivity contribution is 8.14. The lowest BCUT2D eigenvalue weighted by Crippen LogP contribution is -2.54. The summed E-state index contributed by atoms with van der Waals surface area (Å²) in [4.78, 5) is 35.6. The van der Waals surface area contributed by atoms with Gasteiger partial charge in [-0.1, -0.05) is 11.8 Å². The molecule has 2 aliphatic rings. The Balaban J connectivity index is 2.06. The normalized spacial score (nSPS) is 28.9. The van der Waals surface area contributed by atoms with E-state index in [1.54, 1.807) is 0 Å². The third kappa shape index (κ3) is 2.54. The standard InChI is InChI=1S/C10H14N2O4S/c13-8(6-5-17-10(16)11-6)12-4-2-1-3-7(12)9(14)15/h6-7H,1-5H2,(H,11,16)(H,14,15)/t6?,7-/m1/s1.